The van der Waals surface area contributed by atoms with Crippen molar-refractivity contribution in [2.24, 2.45) is 0 Å². The molecule has 0 N–H and O–H groups in total. The van der Waals surface area contributed by atoms with E-state index >= 15 is 0 Å². The highest BCUT2D eigenvalue weighted by Crippen LogP contribution is 2.34. The van der Waals surface area contributed by atoms with Crippen LogP contribution in [0.2, 0.25) is 5.02 Å². The molecular formula is C12H13ClO. The van der Waals surface area contributed by atoms with E-state index in [0.717, 1.165) is 24.2 Å². The molecule has 1 unspecified atom stereocenters. The Balaban J connectivity index is 2.34. The Labute approximate surface area is 89.1 Å². The van der Waals surface area contributed by atoms with E-state index in [1.54, 1.807) is 0 Å². The van der Waals surface area contributed by atoms with Crippen molar-refractivity contribution in [1.82, 2.24) is 0 Å². The van der Waals surface area contributed by atoms with Crippen LogP contribution in [-0.4, -0.2) is 6.29 Å². The third kappa shape index (κ3) is 1.83. The van der Waals surface area contributed by atoms with Gasteiger partial charge in [0.2, 0.25) is 0 Å². The molecular weight excluding hydrogens is 196 g/mol. The molecule has 74 valence electrons. The molecule has 0 spiro atoms. The number of hydrogen-bond donors (Lipinski definition) is 0. The van der Waals surface area contributed by atoms with Crippen molar-refractivity contribution in [3.8, 4) is 0 Å². The lowest BCUT2D eigenvalue weighted by Crippen LogP contribution is -2.10. The van der Waals surface area contributed by atoms with Crippen molar-refractivity contribution >= 4 is 17.9 Å². The number of hydrogen-bond acceptors (Lipinski definition) is 1. The van der Waals surface area contributed by atoms with Crippen molar-refractivity contribution in [2.75, 3.05) is 0 Å². The number of halogens is 1. The normalized spacial score (nSPS) is 20.2. The van der Waals surface area contributed by atoms with Gasteiger partial charge in [0.1, 0.15) is 6.29 Å². The minimum atomic E-state index is 0.425. The minimum Gasteiger partial charge on any atom is -0.303 e. The number of rotatable bonds is 2. The Bertz CT molecular complexity index is 346. The van der Waals surface area contributed by atoms with Gasteiger partial charge in [-0.3, -0.25) is 0 Å². The van der Waals surface area contributed by atoms with E-state index in [1.165, 1.54) is 17.5 Å². The van der Waals surface area contributed by atoms with Gasteiger partial charge in [0, 0.05) is 11.4 Å². The fraction of sp³-hybridized carbons (Fsp3) is 0.417. The number of carbonyl (C=O) groups is 1. The maximum Gasteiger partial charge on any atom is 0.120 e. The van der Waals surface area contributed by atoms with Crippen LogP contribution in [0.1, 0.15) is 36.3 Å². The molecule has 2 rings (SSSR count). The van der Waals surface area contributed by atoms with Crippen LogP contribution >= 0.6 is 11.6 Å². The zero-order valence-corrected chi connectivity index (χ0v) is 8.76. The summed E-state index contributed by atoms with van der Waals surface area (Å²) in [5.41, 5.74) is 2.66. The largest absolute Gasteiger partial charge is 0.303 e. The van der Waals surface area contributed by atoms with Crippen LogP contribution in [0, 0.1) is 0 Å². The first-order chi connectivity index (χ1) is 6.81. The predicted octanol–water partition coefficient (Wildman–Crippen LogP) is 3.35. The molecule has 1 aromatic carbocycles. The van der Waals surface area contributed by atoms with Gasteiger partial charge in [-0.25, -0.2) is 0 Å². The number of aryl methyl sites for hydroxylation is 1. The molecule has 0 aromatic heterocycles. The zero-order chi connectivity index (χ0) is 9.97. The second-order valence-electron chi connectivity index (χ2n) is 3.83. The monoisotopic (exact) mass is 208 g/mol. The van der Waals surface area contributed by atoms with E-state index < -0.39 is 0 Å². The van der Waals surface area contributed by atoms with E-state index in [0.29, 0.717) is 12.3 Å². The Morgan fingerprint density at radius 3 is 3.14 bits per heavy atom. The molecule has 0 saturated heterocycles. The Morgan fingerprint density at radius 2 is 2.36 bits per heavy atom. The van der Waals surface area contributed by atoms with Gasteiger partial charge < -0.3 is 4.79 Å². The summed E-state index contributed by atoms with van der Waals surface area (Å²) in [6, 6.07) is 6.03. The number of aldehydes is 1. The second kappa shape index (κ2) is 4.14. The maximum absolute atomic E-state index is 10.5. The molecule has 1 atom stereocenters. The Kier molecular flexibility index (Phi) is 2.87. The average Bonchev–Trinajstić information content (AvgIpc) is 2.18. The first-order valence-electron chi connectivity index (χ1n) is 5.03. The lowest BCUT2D eigenvalue weighted by atomic mass is 9.81. The van der Waals surface area contributed by atoms with Gasteiger partial charge in [-0.15, -0.1) is 0 Å². The standard InChI is InChI=1S/C12H13ClO/c13-11-4-5-12-9(6-7-14)2-1-3-10(12)8-11/h4-5,7-9H,1-3,6H2. The quantitative estimate of drug-likeness (QED) is 0.682. The molecule has 0 fully saturated rings. The minimum absolute atomic E-state index is 0.425. The highest BCUT2D eigenvalue weighted by Gasteiger charge is 2.19. The summed E-state index contributed by atoms with van der Waals surface area (Å²) >= 11 is 5.93. The van der Waals surface area contributed by atoms with Crippen LogP contribution in [0.25, 0.3) is 0 Å². The first kappa shape index (κ1) is 9.72. The zero-order valence-electron chi connectivity index (χ0n) is 8.00. The molecule has 1 aliphatic carbocycles. The lowest BCUT2D eigenvalue weighted by Gasteiger charge is -2.23. The van der Waals surface area contributed by atoms with Crippen LogP contribution in [-0.2, 0) is 11.2 Å². The van der Waals surface area contributed by atoms with Crippen LogP contribution in [0.5, 0.6) is 0 Å². The summed E-state index contributed by atoms with van der Waals surface area (Å²) < 4.78 is 0. The second-order valence-corrected chi connectivity index (χ2v) is 4.27. The van der Waals surface area contributed by atoms with Crippen molar-refractivity contribution in [3.63, 3.8) is 0 Å². The van der Waals surface area contributed by atoms with Gasteiger partial charge in [-0.1, -0.05) is 17.7 Å². The molecule has 0 radical (unpaired) electrons. The van der Waals surface area contributed by atoms with E-state index in [4.69, 9.17) is 11.6 Å². The average molecular weight is 209 g/mol. The molecule has 1 aliphatic rings. The lowest BCUT2D eigenvalue weighted by molar-refractivity contribution is -0.108. The van der Waals surface area contributed by atoms with Crippen LogP contribution in [0.3, 0.4) is 0 Å². The highest BCUT2D eigenvalue weighted by molar-refractivity contribution is 6.30. The number of fused-ring (bicyclic) bond motifs is 1. The van der Waals surface area contributed by atoms with Crippen molar-refractivity contribution in [3.05, 3.63) is 34.3 Å². The highest BCUT2D eigenvalue weighted by atomic mass is 35.5. The Morgan fingerprint density at radius 1 is 1.50 bits per heavy atom. The molecule has 0 amide bonds. The van der Waals surface area contributed by atoms with Crippen molar-refractivity contribution in [2.45, 2.75) is 31.6 Å². The van der Waals surface area contributed by atoms with Crippen molar-refractivity contribution < 1.29 is 4.79 Å². The summed E-state index contributed by atoms with van der Waals surface area (Å²) in [6.45, 7) is 0. The summed E-state index contributed by atoms with van der Waals surface area (Å²) in [6.07, 6.45) is 5.08. The summed E-state index contributed by atoms with van der Waals surface area (Å²) in [7, 11) is 0. The fourth-order valence-electron chi connectivity index (χ4n) is 2.24. The third-order valence-electron chi connectivity index (χ3n) is 2.92. The van der Waals surface area contributed by atoms with Crippen LogP contribution < -0.4 is 0 Å². The number of benzene rings is 1. The third-order valence-corrected chi connectivity index (χ3v) is 3.16. The van der Waals surface area contributed by atoms with E-state index in [9.17, 15) is 4.79 Å². The van der Waals surface area contributed by atoms with Gasteiger partial charge in [-0.05, 0) is 48.4 Å². The van der Waals surface area contributed by atoms with Gasteiger partial charge in [-0.2, -0.15) is 0 Å². The first-order valence-corrected chi connectivity index (χ1v) is 5.41. The number of carbonyl (C=O) groups excluding carboxylic acids is 1. The molecule has 2 heteroatoms. The van der Waals surface area contributed by atoms with E-state index in [1.807, 2.05) is 12.1 Å². The predicted molar refractivity (Wildman–Crippen MR) is 57.8 cm³/mol. The van der Waals surface area contributed by atoms with Crippen LogP contribution in [0.15, 0.2) is 18.2 Å². The summed E-state index contributed by atoms with van der Waals surface area (Å²) in [4.78, 5) is 10.5. The van der Waals surface area contributed by atoms with Crippen LogP contribution in [0.4, 0.5) is 0 Å². The molecule has 0 saturated carbocycles. The molecule has 14 heavy (non-hydrogen) atoms. The summed E-state index contributed by atoms with van der Waals surface area (Å²) in [5, 5.41) is 0.801. The molecule has 0 heterocycles. The molecule has 0 bridgehead atoms. The van der Waals surface area contributed by atoms with Gasteiger partial charge >= 0.3 is 0 Å². The smallest absolute Gasteiger partial charge is 0.120 e. The fourth-order valence-corrected chi connectivity index (χ4v) is 2.44. The molecule has 1 aromatic rings. The van der Waals surface area contributed by atoms with Gasteiger partial charge in [0.15, 0.2) is 0 Å². The van der Waals surface area contributed by atoms with E-state index in [-0.39, 0.29) is 0 Å². The molecule has 1 nitrogen and oxygen atoms in total. The van der Waals surface area contributed by atoms with Gasteiger partial charge in [0.05, 0.1) is 0 Å². The molecule has 0 aliphatic heterocycles. The topological polar surface area (TPSA) is 17.1 Å². The summed E-state index contributed by atoms with van der Waals surface area (Å²) in [5.74, 6) is 0.425. The van der Waals surface area contributed by atoms with Gasteiger partial charge in [0.25, 0.3) is 0 Å². The Hall–Kier alpha value is -0.820. The maximum atomic E-state index is 10.5. The SMILES string of the molecule is O=CCC1CCCc2cc(Cl)ccc21. The van der Waals surface area contributed by atoms with Crippen molar-refractivity contribution in [1.29, 1.82) is 0 Å². The van der Waals surface area contributed by atoms with E-state index in [2.05, 4.69) is 6.07 Å².